The van der Waals surface area contributed by atoms with E-state index in [0.29, 0.717) is 25.6 Å². The molecule has 37 heavy (non-hydrogen) atoms. The molecular weight excluding hydrogens is 468 g/mol. The van der Waals surface area contributed by atoms with Crippen molar-refractivity contribution in [3.05, 3.63) is 77.9 Å². The standard InChI is InChI=1S/C29H32N4O4/c1-19-10-24(26-15-28(30)31-18-33(19)26)25-13-23(14-27(32-25)29(34-2)8-9-35-17-29)37-22-11-21(12-22)36-16-20-6-4-3-5-7-20/h3-7,10,13-15,18,21-22H,8-9,11-12,16-17,30H2,1-2H3/t21?,22?,29-/m1/s1. The summed E-state index contributed by atoms with van der Waals surface area (Å²) in [6, 6.07) is 18.2. The Morgan fingerprint density at radius 2 is 1.95 bits per heavy atom. The highest BCUT2D eigenvalue weighted by atomic mass is 16.6. The van der Waals surface area contributed by atoms with E-state index in [0.717, 1.165) is 53.2 Å². The fourth-order valence-electron chi connectivity index (χ4n) is 5.17. The Morgan fingerprint density at radius 1 is 1.11 bits per heavy atom. The van der Waals surface area contributed by atoms with Gasteiger partial charge in [0.05, 0.1) is 36.2 Å². The Bertz CT molecular complexity index is 1390. The van der Waals surface area contributed by atoms with E-state index in [4.69, 9.17) is 29.7 Å². The maximum absolute atomic E-state index is 6.47. The van der Waals surface area contributed by atoms with Gasteiger partial charge in [-0.15, -0.1) is 0 Å². The molecule has 0 radical (unpaired) electrons. The zero-order valence-corrected chi connectivity index (χ0v) is 21.2. The van der Waals surface area contributed by atoms with Crippen LogP contribution < -0.4 is 10.5 Å². The average molecular weight is 501 g/mol. The SMILES string of the molecule is CO[C@]1(c2cc(OC3CC(OCc4ccccc4)C3)cc(-c3cc(C)n4cnc(N)cc34)n2)CCOC1. The second kappa shape index (κ2) is 9.78. The van der Waals surface area contributed by atoms with Crippen molar-refractivity contribution in [2.75, 3.05) is 26.1 Å². The molecule has 1 atom stereocenters. The van der Waals surface area contributed by atoms with E-state index in [2.05, 4.69) is 23.2 Å². The van der Waals surface area contributed by atoms with E-state index >= 15 is 0 Å². The molecule has 0 unspecified atom stereocenters. The summed E-state index contributed by atoms with van der Waals surface area (Å²) in [6.45, 7) is 3.76. The van der Waals surface area contributed by atoms with Crippen molar-refractivity contribution in [3.8, 4) is 17.0 Å². The van der Waals surface area contributed by atoms with Crippen LogP contribution >= 0.6 is 0 Å². The lowest BCUT2D eigenvalue weighted by molar-refractivity contribution is -0.0686. The first kappa shape index (κ1) is 23.9. The van der Waals surface area contributed by atoms with Crippen LogP contribution in [0, 0.1) is 6.92 Å². The zero-order chi connectivity index (χ0) is 25.4. The number of pyridine rings is 1. The Hall–Kier alpha value is -3.46. The molecule has 6 rings (SSSR count). The average Bonchev–Trinajstić information content (AvgIpc) is 3.51. The highest BCUT2D eigenvalue weighted by Gasteiger charge is 2.39. The number of aromatic nitrogens is 3. The van der Waals surface area contributed by atoms with Crippen LogP contribution in [0.2, 0.25) is 0 Å². The van der Waals surface area contributed by atoms with E-state index in [1.807, 2.05) is 47.7 Å². The maximum Gasteiger partial charge on any atom is 0.135 e. The number of hydrogen-bond donors (Lipinski definition) is 1. The summed E-state index contributed by atoms with van der Waals surface area (Å²) in [4.78, 5) is 9.31. The Balaban J connectivity index is 1.27. The number of methoxy groups -OCH3 is 1. The Labute approximate surface area is 216 Å². The van der Waals surface area contributed by atoms with Crippen molar-refractivity contribution >= 4 is 11.3 Å². The number of hydrogen-bond acceptors (Lipinski definition) is 7. The zero-order valence-electron chi connectivity index (χ0n) is 21.2. The first-order valence-corrected chi connectivity index (χ1v) is 12.7. The molecule has 0 spiro atoms. The van der Waals surface area contributed by atoms with Crippen LogP contribution in [-0.4, -0.2) is 46.9 Å². The molecular formula is C29H32N4O4. The first-order valence-electron chi connectivity index (χ1n) is 12.7. The number of benzene rings is 1. The lowest BCUT2D eigenvalue weighted by Crippen LogP contribution is -2.39. The molecule has 8 heteroatoms. The number of nitrogen functional groups attached to an aromatic ring is 1. The van der Waals surface area contributed by atoms with Crippen molar-refractivity contribution in [1.82, 2.24) is 14.4 Å². The molecule has 4 heterocycles. The van der Waals surface area contributed by atoms with Gasteiger partial charge in [-0.3, -0.25) is 0 Å². The van der Waals surface area contributed by atoms with Gasteiger partial charge < -0.3 is 29.1 Å². The summed E-state index contributed by atoms with van der Waals surface area (Å²) < 4.78 is 26.3. The van der Waals surface area contributed by atoms with Crippen molar-refractivity contribution in [3.63, 3.8) is 0 Å². The molecule has 2 aliphatic rings. The van der Waals surface area contributed by atoms with Crippen molar-refractivity contribution in [2.24, 2.45) is 0 Å². The van der Waals surface area contributed by atoms with Crippen LogP contribution in [0.15, 0.2) is 60.9 Å². The van der Waals surface area contributed by atoms with Crippen LogP contribution in [0.4, 0.5) is 5.82 Å². The van der Waals surface area contributed by atoms with E-state index in [-0.39, 0.29) is 12.2 Å². The normalized spacial score (nSPS) is 23.3. The number of anilines is 1. The molecule has 1 aromatic carbocycles. The third-order valence-corrected chi connectivity index (χ3v) is 7.48. The second-order valence-corrected chi connectivity index (χ2v) is 9.97. The summed E-state index contributed by atoms with van der Waals surface area (Å²) in [6.07, 6.45) is 4.49. The van der Waals surface area contributed by atoms with Crippen LogP contribution in [0.3, 0.4) is 0 Å². The smallest absolute Gasteiger partial charge is 0.135 e. The molecule has 1 saturated carbocycles. The van der Waals surface area contributed by atoms with E-state index < -0.39 is 5.60 Å². The summed E-state index contributed by atoms with van der Waals surface area (Å²) >= 11 is 0. The van der Waals surface area contributed by atoms with Gasteiger partial charge in [0.15, 0.2) is 0 Å². The minimum absolute atomic E-state index is 0.0922. The fourth-order valence-corrected chi connectivity index (χ4v) is 5.17. The van der Waals surface area contributed by atoms with Gasteiger partial charge in [0.25, 0.3) is 0 Å². The predicted octanol–water partition coefficient (Wildman–Crippen LogP) is 4.68. The molecule has 2 fully saturated rings. The molecule has 0 amide bonds. The largest absolute Gasteiger partial charge is 0.490 e. The number of ether oxygens (including phenoxy) is 4. The highest BCUT2D eigenvalue weighted by Crippen LogP contribution is 2.39. The number of aryl methyl sites for hydroxylation is 1. The molecule has 0 bridgehead atoms. The van der Waals surface area contributed by atoms with Gasteiger partial charge in [-0.25, -0.2) is 9.97 Å². The quantitative estimate of drug-likeness (QED) is 0.376. The Kier molecular flexibility index (Phi) is 6.32. The molecule has 1 saturated heterocycles. The maximum atomic E-state index is 6.47. The van der Waals surface area contributed by atoms with Crippen molar-refractivity contribution in [1.29, 1.82) is 0 Å². The minimum atomic E-state index is -0.597. The van der Waals surface area contributed by atoms with Gasteiger partial charge in [0.1, 0.15) is 29.6 Å². The molecule has 4 aromatic rings. The van der Waals surface area contributed by atoms with E-state index in [9.17, 15) is 0 Å². The third kappa shape index (κ3) is 4.68. The summed E-state index contributed by atoms with van der Waals surface area (Å²) in [5.74, 6) is 1.24. The van der Waals surface area contributed by atoms with Gasteiger partial charge in [-0.05, 0) is 18.6 Å². The van der Waals surface area contributed by atoms with Crippen LogP contribution in [0.1, 0.15) is 36.2 Å². The lowest BCUT2D eigenvalue weighted by atomic mass is 9.91. The van der Waals surface area contributed by atoms with Crippen molar-refractivity contribution in [2.45, 2.75) is 50.6 Å². The van der Waals surface area contributed by atoms with E-state index in [1.54, 1.807) is 13.4 Å². The minimum Gasteiger partial charge on any atom is -0.490 e. The van der Waals surface area contributed by atoms with Gasteiger partial charge in [-0.1, -0.05) is 30.3 Å². The predicted molar refractivity (Wildman–Crippen MR) is 140 cm³/mol. The van der Waals surface area contributed by atoms with E-state index in [1.165, 1.54) is 5.56 Å². The topological polar surface area (TPSA) is 93.1 Å². The van der Waals surface area contributed by atoms with Crippen LogP contribution in [-0.2, 0) is 26.4 Å². The third-order valence-electron chi connectivity index (χ3n) is 7.48. The molecule has 1 aliphatic carbocycles. The van der Waals surface area contributed by atoms with Crippen molar-refractivity contribution < 1.29 is 18.9 Å². The van der Waals surface area contributed by atoms with Gasteiger partial charge in [-0.2, -0.15) is 0 Å². The molecule has 2 N–H and O–H groups in total. The van der Waals surface area contributed by atoms with Crippen LogP contribution in [0.25, 0.3) is 16.8 Å². The summed E-state index contributed by atoms with van der Waals surface area (Å²) in [7, 11) is 1.72. The van der Waals surface area contributed by atoms with Gasteiger partial charge in [0.2, 0.25) is 0 Å². The highest BCUT2D eigenvalue weighted by molar-refractivity contribution is 5.81. The van der Waals surface area contributed by atoms with Gasteiger partial charge in [0, 0.05) is 62.4 Å². The molecule has 1 aliphatic heterocycles. The molecule has 8 nitrogen and oxygen atoms in total. The van der Waals surface area contributed by atoms with Crippen LogP contribution in [0.5, 0.6) is 5.75 Å². The fraction of sp³-hybridized carbons (Fsp3) is 0.379. The number of nitrogens with zero attached hydrogens (tertiary/aromatic N) is 3. The monoisotopic (exact) mass is 500 g/mol. The molecule has 192 valence electrons. The summed E-state index contributed by atoms with van der Waals surface area (Å²) in [5.41, 5.74) is 11.2. The second-order valence-electron chi connectivity index (χ2n) is 9.97. The lowest BCUT2D eigenvalue weighted by Gasteiger charge is -2.35. The Morgan fingerprint density at radius 3 is 2.70 bits per heavy atom. The number of fused-ring (bicyclic) bond motifs is 1. The first-order chi connectivity index (χ1) is 18.0. The van der Waals surface area contributed by atoms with Gasteiger partial charge >= 0.3 is 0 Å². The number of nitrogens with two attached hydrogens (primary N) is 1. The molecule has 3 aromatic heterocycles. The summed E-state index contributed by atoms with van der Waals surface area (Å²) in [5, 5.41) is 0. The number of rotatable bonds is 8.